The number of hydrogen-bond acceptors (Lipinski definition) is 3. The molecule has 112 valence electrons. The van der Waals surface area contributed by atoms with Crippen molar-refractivity contribution in [2.24, 2.45) is 0 Å². The largest absolute Gasteiger partial charge is 0.320 e. The van der Waals surface area contributed by atoms with Crippen LogP contribution in [-0.4, -0.2) is 14.4 Å². The summed E-state index contributed by atoms with van der Waals surface area (Å²) in [6, 6.07) is 14.1. The molecule has 0 saturated heterocycles. The maximum absolute atomic E-state index is 12.5. The molecule has 4 aromatic rings. The summed E-state index contributed by atoms with van der Waals surface area (Å²) >= 11 is 6.11. The Morgan fingerprint density at radius 1 is 1.00 bits per heavy atom. The van der Waals surface area contributed by atoms with Crippen LogP contribution < -0.4 is 16.5 Å². The lowest BCUT2D eigenvalue weighted by Crippen LogP contribution is -2.31. The second-order valence-corrected chi connectivity index (χ2v) is 5.51. The van der Waals surface area contributed by atoms with Gasteiger partial charge in [-0.05, 0) is 29.8 Å². The van der Waals surface area contributed by atoms with Gasteiger partial charge in [0.2, 0.25) is 5.78 Å². The zero-order chi connectivity index (χ0) is 16.0. The molecule has 2 aromatic heterocycles. The number of imidazole rings is 1. The van der Waals surface area contributed by atoms with Gasteiger partial charge in [0.15, 0.2) is 0 Å². The van der Waals surface area contributed by atoms with Crippen molar-refractivity contribution in [3.05, 3.63) is 85.2 Å². The molecule has 2 heterocycles. The van der Waals surface area contributed by atoms with Gasteiger partial charge in [0.05, 0.1) is 10.9 Å². The fraction of sp³-hybridized carbons (Fsp3) is 0. The standard InChI is InChI=1S/C17H10ClN3O2/c18-12-7-3-1-5-10(12)9-14-16(23)21-15(22)11-6-2-4-8-13(11)19-17(21)20-14/h1-9H,(H,19,20). The van der Waals surface area contributed by atoms with Crippen LogP contribution in [0, 0.1) is 0 Å². The number of hydrogen-bond donors (Lipinski definition) is 1. The van der Waals surface area contributed by atoms with Crippen LogP contribution in [0.3, 0.4) is 0 Å². The Balaban J connectivity index is 2.12. The first kappa shape index (κ1) is 13.7. The van der Waals surface area contributed by atoms with E-state index < -0.39 is 5.56 Å². The molecule has 0 radical (unpaired) electrons. The molecule has 0 spiro atoms. The van der Waals surface area contributed by atoms with Crippen molar-refractivity contribution >= 4 is 34.4 Å². The van der Waals surface area contributed by atoms with Gasteiger partial charge in [0, 0.05) is 5.02 Å². The monoisotopic (exact) mass is 323 g/mol. The minimum absolute atomic E-state index is 0.219. The Morgan fingerprint density at radius 2 is 1.74 bits per heavy atom. The lowest BCUT2D eigenvalue weighted by Gasteiger charge is -1.96. The third-order valence-corrected chi connectivity index (χ3v) is 4.00. The van der Waals surface area contributed by atoms with Crippen LogP contribution in [0.25, 0.3) is 22.8 Å². The Kier molecular flexibility index (Phi) is 3.02. The summed E-state index contributed by atoms with van der Waals surface area (Å²) in [6.07, 6.45) is 1.61. The molecule has 0 amide bonds. The summed E-state index contributed by atoms with van der Waals surface area (Å²) in [5.41, 5.74) is 0.410. The summed E-state index contributed by atoms with van der Waals surface area (Å²) in [4.78, 5) is 32.3. The molecule has 0 aliphatic heterocycles. The van der Waals surface area contributed by atoms with E-state index in [-0.39, 0.29) is 16.7 Å². The summed E-state index contributed by atoms with van der Waals surface area (Å²) in [5, 5.41) is 1.19. The average molecular weight is 324 g/mol. The van der Waals surface area contributed by atoms with E-state index in [2.05, 4.69) is 9.97 Å². The molecule has 0 unspecified atom stereocenters. The van der Waals surface area contributed by atoms with Crippen molar-refractivity contribution in [3.8, 4) is 0 Å². The van der Waals surface area contributed by atoms with Crippen molar-refractivity contribution in [1.29, 1.82) is 0 Å². The average Bonchev–Trinajstić information content (AvgIpc) is 2.86. The molecule has 1 N–H and O–H groups in total. The highest BCUT2D eigenvalue weighted by Gasteiger charge is 2.10. The summed E-state index contributed by atoms with van der Waals surface area (Å²) in [6.45, 7) is 0. The van der Waals surface area contributed by atoms with Crippen LogP contribution in [0.15, 0.2) is 58.1 Å². The van der Waals surface area contributed by atoms with E-state index in [0.717, 1.165) is 4.40 Å². The normalized spacial score (nSPS) is 12.3. The summed E-state index contributed by atoms with van der Waals surface area (Å²) < 4.78 is 1.05. The highest BCUT2D eigenvalue weighted by Crippen LogP contribution is 2.14. The number of halogens is 1. The minimum atomic E-state index is -0.442. The highest BCUT2D eigenvalue weighted by atomic mass is 35.5. The first-order chi connectivity index (χ1) is 11.1. The van der Waals surface area contributed by atoms with Gasteiger partial charge >= 0.3 is 0 Å². The van der Waals surface area contributed by atoms with Crippen LogP contribution in [-0.2, 0) is 0 Å². The Bertz CT molecular complexity index is 1220. The molecule has 4 rings (SSSR count). The van der Waals surface area contributed by atoms with Crippen molar-refractivity contribution in [1.82, 2.24) is 14.4 Å². The number of aromatic nitrogens is 3. The Labute approximate surface area is 134 Å². The topological polar surface area (TPSA) is 67.2 Å². The number of para-hydroxylation sites is 1. The Morgan fingerprint density at radius 3 is 2.57 bits per heavy atom. The van der Waals surface area contributed by atoms with Gasteiger partial charge in [-0.2, -0.15) is 0 Å². The van der Waals surface area contributed by atoms with E-state index >= 15 is 0 Å². The van der Waals surface area contributed by atoms with E-state index in [4.69, 9.17) is 11.6 Å². The van der Waals surface area contributed by atoms with Crippen molar-refractivity contribution in [3.63, 3.8) is 0 Å². The number of benzene rings is 2. The smallest absolute Gasteiger partial charge is 0.284 e. The molecule has 5 nitrogen and oxygen atoms in total. The quantitative estimate of drug-likeness (QED) is 0.580. The summed E-state index contributed by atoms with van der Waals surface area (Å²) in [7, 11) is 0. The second kappa shape index (κ2) is 5.07. The molecule has 0 fully saturated rings. The molecule has 0 aliphatic rings. The van der Waals surface area contributed by atoms with Crippen LogP contribution in [0.5, 0.6) is 0 Å². The second-order valence-electron chi connectivity index (χ2n) is 5.10. The van der Waals surface area contributed by atoms with Gasteiger partial charge in [-0.3, -0.25) is 9.59 Å². The van der Waals surface area contributed by atoms with Gasteiger partial charge in [-0.25, -0.2) is 9.38 Å². The molecule has 0 aliphatic carbocycles. The SMILES string of the molecule is O=c1c(=Cc2ccccc2Cl)[nH]c2nc3ccccc3c(=O)n12. The van der Waals surface area contributed by atoms with Gasteiger partial charge < -0.3 is 4.98 Å². The maximum Gasteiger partial charge on any atom is 0.284 e. The molecule has 0 bridgehead atoms. The van der Waals surface area contributed by atoms with E-state index in [9.17, 15) is 9.59 Å². The molecular weight excluding hydrogens is 314 g/mol. The van der Waals surface area contributed by atoms with Crippen molar-refractivity contribution in [2.45, 2.75) is 0 Å². The van der Waals surface area contributed by atoms with E-state index in [1.165, 1.54) is 0 Å². The first-order valence-corrected chi connectivity index (χ1v) is 7.33. The fourth-order valence-corrected chi connectivity index (χ4v) is 2.74. The lowest BCUT2D eigenvalue weighted by atomic mass is 10.2. The van der Waals surface area contributed by atoms with Gasteiger partial charge in [0.25, 0.3) is 11.1 Å². The van der Waals surface area contributed by atoms with Crippen LogP contribution in [0.1, 0.15) is 5.56 Å². The highest BCUT2D eigenvalue weighted by molar-refractivity contribution is 6.32. The first-order valence-electron chi connectivity index (χ1n) is 6.95. The lowest BCUT2D eigenvalue weighted by molar-refractivity contribution is 1.05. The molecule has 0 atom stereocenters. The number of rotatable bonds is 1. The molecule has 2 aromatic carbocycles. The number of H-pyrrole nitrogens is 1. The van der Waals surface area contributed by atoms with Gasteiger partial charge in [0.1, 0.15) is 5.35 Å². The van der Waals surface area contributed by atoms with Gasteiger partial charge in [-0.1, -0.05) is 41.9 Å². The number of fused-ring (bicyclic) bond motifs is 2. The Hall–Kier alpha value is -2.92. The van der Waals surface area contributed by atoms with Crippen LogP contribution in [0.4, 0.5) is 0 Å². The molecule has 0 saturated carbocycles. The fourth-order valence-electron chi connectivity index (χ4n) is 2.54. The third-order valence-electron chi connectivity index (χ3n) is 3.66. The summed E-state index contributed by atoms with van der Waals surface area (Å²) in [5.74, 6) is 0.219. The number of nitrogens with one attached hydrogen (secondary N) is 1. The maximum atomic E-state index is 12.5. The zero-order valence-corrected chi connectivity index (χ0v) is 12.5. The number of nitrogens with zero attached hydrogens (tertiary/aromatic N) is 2. The minimum Gasteiger partial charge on any atom is -0.320 e. The predicted molar refractivity (Wildman–Crippen MR) is 89.8 cm³/mol. The van der Waals surface area contributed by atoms with Gasteiger partial charge in [-0.15, -0.1) is 0 Å². The van der Waals surface area contributed by atoms with Crippen molar-refractivity contribution in [2.75, 3.05) is 0 Å². The molecule has 23 heavy (non-hydrogen) atoms. The number of aromatic amines is 1. The van der Waals surface area contributed by atoms with Crippen LogP contribution >= 0.6 is 11.6 Å². The third kappa shape index (κ3) is 2.13. The molecule has 6 heteroatoms. The van der Waals surface area contributed by atoms with E-state index in [1.54, 1.807) is 42.5 Å². The van der Waals surface area contributed by atoms with E-state index in [0.29, 0.717) is 21.5 Å². The van der Waals surface area contributed by atoms with Crippen LogP contribution in [0.2, 0.25) is 5.02 Å². The zero-order valence-electron chi connectivity index (χ0n) is 11.8. The predicted octanol–water partition coefficient (Wildman–Crippen LogP) is 1.74. The van der Waals surface area contributed by atoms with Crippen molar-refractivity contribution < 1.29 is 0 Å². The van der Waals surface area contributed by atoms with E-state index in [1.807, 2.05) is 12.1 Å². The molecular formula is C17H10ClN3O2.